The van der Waals surface area contributed by atoms with E-state index in [2.05, 4.69) is 10.1 Å². The number of alkyl halides is 3. The summed E-state index contributed by atoms with van der Waals surface area (Å²) in [6, 6.07) is 5.95. The van der Waals surface area contributed by atoms with Crippen LogP contribution in [0.3, 0.4) is 0 Å². The number of hydrogen-bond donors (Lipinski definition) is 1. The summed E-state index contributed by atoms with van der Waals surface area (Å²) < 4.78 is 46.4. The molecule has 0 saturated heterocycles. The number of halogens is 3. The van der Waals surface area contributed by atoms with E-state index in [9.17, 15) is 18.0 Å². The summed E-state index contributed by atoms with van der Waals surface area (Å²) in [4.78, 5) is 12.2. The van der Waals surface area contributed by atoms with Crippen molar-refractivity contribution in [3.63, 3.8) is 0 Å². The monoisotopic (exact) mass is 331 g/mol. The van der Waals surface area contributed by atoms with Crippen molar-refractivity contribution >= 4 is 5.91 Å². The Labute approximate surface area is 133 Å². The van der Waals surface area contributed by atoms with Crippen LogP contribution in [0, 0.1) is 5.92 Å². The fraction of sp³-hybridized carbons (Fsp3) is 0.562. The van der Waals surface area contributed by atoms with Crippen LogP contribution in [0.2, 0.25) is 0 Å². The second-order valence-corrected chi connectivity index (χ2v) is 6.34. The van der Waals surface area contributed by atoms with Crippen LogP contribution in [0.15, 0.2) is 24.3 Å². The highest BCUT2D eigenvalue weighted by Gasteiger charge is 2.47. The van der Waals surface area contributed by atoms with Crippen LogP contribution in [-0.4, -0.2) is 31.5 Å². The van der Waals surface area contributed by atoms with Crippen LogP contribution in [-0.2, 0) is 9.53 Å². The van der Waals surface area contributed by atoms with Crippen molar-refractivity contribution in [1.29, 1.82) is 0 Å². The van der Waals surface area contributed by atoms with E-state index < -0.39 is 11.9 Å². The maximum Gasteiger partial charge on any atom is 0.573 e. The second-order valence-electron chi connectivity index (χ2n) is 6.34. The van der Waals surface area contributed by atoms with Crippen molar-refractivity contribution < 1.29 is 27.4 Å². The van der Waals surface area contributed by atoms with Crippen molar-refractivity contribution in [1.82, 2.24) is 5.32 Å². The molecule has 7 heteroatoms. The smallest absolute Gasteiger partial charge is 0.405 e. The minimum absolute atomic E-state index is 0.182. The fourth-order valence-electron chi connectivity index (χ4n) is 2.66. The third kappa shape index (κ3) is 4.86. The van der Waals surface area contributed by atoms with E-state index in [1.54, 1.807) is 19.2 Å². The van der Waals surface area contributed by atoms with Gasteiger partial charge in [-0.25, -0.2) is 0 Å². The molecule has 1 aromatic rings. The van der Waals surface area contributed by atoms with E-state index >= 15 is 0 Å². The van der Waals surface area contributed by atoms with E-state index in [1.807, 2.05) is 13.8 Å². The van der Waals surface area contributed by atoms with Crippen LogP contribution in [0.4, 0.5) is 13.2 Å². The maximum atomic E-state index is 12.5. The number of carbonyl (C=O) groups is 1. The minimum Gasteiger partial charge on any atom is -0.405 e. The summed E-state index contributed by atoms with van der Waals surface area (Å²) in [5.74, 6) is -1.02. The number of hydrogen-bond acceptors (Lipinski definition) is 3. The van der Waals surface area contributed by atoms with Gasteiger partial charge in [0.25, 0.3) is 0 Å². The first-order chi connectivity index (χ1) is 10.6. The van der Waals surface area contributed by atoms with Crippen LogP contribution in [0.25, 0.3) is 0 Å². The summed E-state index contributed by atoms with van der Waals surface area (Å²) in [6.45, 7) is 4.00. The molecule has 0 radical (unpaired) electrons. The lowest BCUT2D eigenvalue weighted by Gasteiger charge is -2.25. The Bertz CT molecular complexity index is 572. The number of methoxy groups -OCH3 is 1. The molecule has 1 aliphatic carbocycles. The lowest BCUT2D eigenvalue weighted by atomic mass is 10.0. The summed E-state index contributed by atoms with van der Waals surface area (Å²) in [5, 5.41) is 2.86. The average molecular weight is 331 g/mol. The highest BCUT2D eigenvalue weighted by molar-refractivity contribution is 5.83. The number of rotatable bonds is 6. The summed E-state index contributed by atoms with van der Waals surface area (Å²) >= 11 is 0. The molecule has 1 N–H and O–H groups in total. The van der Waals surface area contributed by atoms with Gasteiger partial charge in [-0.1, -0.05) is 18.2 Å². The van der Waals surface area contributed by atoms with E-state index in [4.69, 9.17) is 4.74 Å². The quantitative estimate of drug-likeness (QED) is 0.871. The molecule has 128 valence electrons. The molecule has 1 saturated carbocycles. The van der Waals surface area contributed by atoms with Gasteiger partial charge in [0.15, 0.2) is 0 Å². The molecule has 1 aromatic carbocycles. The van der Waals surface area contributed by atoms with Crippen molar-refractivity contribution in [2.24, 2.45) is 5.92 Å². The van der Waals surface area contributed by atoms with Gasteiger partial charge in [-0.2, -0.15) is 0 Å². The largest absolute Gasteiger partial charge is 0.573 e. The van der Waals surface area contributed by atoms with Gasteiger partial charge in [0.2, 0.25) is 5.91 Å². The molecular weight excluding hydrogens is 311 g/mol. The Morgan fingerprint density at radius 3 is 2.57 bits per heavy atom. The van der Waals surface area contributed by atoms with Crippen molar-refractivity contribution in [2.75, 3.05) is 13.7 Å². The summed E-state index contributed by atoms with van der Waals surface area (Å²) in [6.07, 6.45) is -4.24. The molecule has 23 heavy (non-hydrogen) atoms. The molecule has 1 aliphatic rings. The van der Waals surface area contributed by atoms with Crippen molar-refractivity contribution in [3.8, 4) is 5.75 Å². The zero-order chi connectivity index (χ0) is 17.3. The molecule has 2 atom stereocenters. The van der Waals surface area contributed by atoms with Gasteiger partial charge in [-0.15, -0.1) is 13.2 Å². The molecular formula is C16H20F3NO3. The standard InChI is InChI=1S/C16H20F3NO3/c1-15(2,9-22-3)20-14(21)12-8-11(12)10-6-4-5-7-13(10)23-16(17,18)19/h4-7,11-12H,8-9H2,1-3H3,(H,20,21)/t11-,12-/m1/s1. The first-order valence-electron chi connectivity index (χ1n) is 7.28. The summed E-state index contributed by atoms with van der Waals surface area (Å²) in [5.41, 5.74) is -0.115. The van der Waals surface area contributed by atoms with E-state index in [1.165, 1.54) is 12.1 Å². The maximum absolute atomic E-state index is 12.5. The van der Waals surface area contributed by atoms with E-state index in [0.717, 1.165) is 0 Å². The van der Waals surface area contributed by atoms with Gasteiger partial charge >= 0.3 is 6.36 Å². The molecule has 1 fully saturated rings. The Morgan fingerprint density at radius 2 is 1.96 bits per heavy atom. The number of carbonyl (C=O) groups excluding carboxylic acids is 1. The first kappa shape index (κ1) is 17.6. The number of ether oxygens (including phenoxy) is 2. The Morgan fingerprint density at radius 1 is 1.30 bits per heavy atom. The van der Waals surface area contributed by atoms with Crippen LogP contribution >= 0.6 is 0 Å². The van der Waals surface area contributed by atoms with Crippen molar-refractivity contribution in [3.05, 3.63) is 29.8 Å². The zero-order valence-corrected chi connectivity index (χ0v) is 13.2. The Kier molecular flexibility index (Phi) is 4.89. The molecule has 0 heterocycles. The first-order valence-corrected chi connectivity index (χ1v) is 7.28. The zero-order valence-electron chi connectivity index (χ0n) is 13.2. The van der Waals surface area contributed by atoms with Crippen LogP contribution in [0.5, 0.6) is 5.75 Å². The van der Waals surface area contributed by atoms with Crippen LogP contribution < -0.4 is 10.1 Å². The van der Waals surface area contributed by atoms with Gasteiger partial charge < -0.3 is 14.8 Å². The minimum atomic E-state index is -4.75. The third-order valence-corrected chi connectivity index (χ3v) is 3.64. The number of benzene rings is 1. The average Bonchev–Trinajstić information content (AvgIpc) is 3.17. The van der Waals surface area contributed by atoms with Crippen LogP contribution in [0.1, 0.15) is 31.7 Å². The topological polar surface area (TPSA) is 47.6 Å². The van der Waals surface area contributed by atoms with Crippen molar-refractivity contribution in [2.45, 2.75) is 38.1 Å². The number of para-hydroxylation sites is 1. The van der Waals surface area contributed by atoms with E-state index in [0.29, 0.717) is 18.6 Å². The molecule has 1 amide bonds. The normalized spacial score (nSPS) is 21.0. The van der Waals surface area contributed by atoms with E-state index in [-0.39, 0.29) is 23.5 Å². The Balaban J connectivity index is 2.05. The molecule has 0 unspecified atom stereocenters. The molecule has 0 bridgehead atoms. The fourth-order valence-corrected chi connectivity index (χ4v) is 2.66. The second kappa shape index (κ2) is 6.39. The predicted molar refractivity (Wildman–Crippen MR) is 78.1 cm³/mol. The predicted octanol–water partition coefficient (Wildman–Crippen LogP) is 3.23. The molecule has 0 aromatic heterocycles. The number of nitrogens with one attached hydrogen (secondary N) is 1. The lowest BCUT2D eigenvalue weighted by Crippen LogP contribution is -2.47. The number of amides is 1. The van der Waals surface area contributed by atoms with Gasteiger partial charge in [0, 0.05) is 13.0 Å². The Hall–Kier alpha value is -1.76. The highest BCUT2D eigenvalue weighted by atomic mass is 19.4. The van der Waals surface area contributed by atoms with Gasteiger partial charge in [-0.05, 0) is 37.8 Å². The third-order valence-electron chi connectivity index (χ3n) is 3.64. The molecule has 0 spiro atoms. The highest BCUT2D eigenvalue weighted by Crippen LogP contribution is 2.51. The molecule has 2 rings (SSSR count). The molecule has 4 nitrogen and oxygen atoms in total. The lowest BCUT2D eigenvalue weighted by molar-refractivity contribution is -0.274. The van der Waals surface area contributed by atoms with Gasteiger partial charge in [0.1, 0.15) is 5.75 Å². The SMILES string of the molecule is COCC(C)(C)NC(=O)[C@@H]1C[C@@H]1c1ccccc1OC(F)(F)F. The van der Waals surface area contributed by atoms with Gasteiger partial charge in [0.05, 0.1) is 12.1 Å². The van der Waals surface area contributed by atoms with Gasteiger partial charge in [-0.3, -0.25) is 4.79 Å². The molecule has 0 aliphatic heterocycles. The summed E-state index contributed by atoms with van der Waals surface area (Å²) in [7, 11) is 1.54.